The summed E-state index contributed by atoms with van der Waals surface area (Å²) in [5, 5.41) is 9.28. The topological polar surface area (TPSA) is 101 Å². The molecule has 0 fully saturated rings. The van der Waals surface area contributed by atoms with E-state index in [1.54, 1.807) is 12.3 Å². The molecule has 0 spiro atoms. The van der Waals surface area contributed by atoms with Gasteiger partial charge in [0.2, 0.25) is 12.3 Å². The van der Waals surface area contributed by atoms with E-state index in [-0.39, 0.29) is 11.9 Å². The number of amides is 2. The van der Waals surface area contributed by atoms with Crippen molar-refractivity contribution in [2.45, 2.75) is 25.3 Å². The lowest BCUT2D eigenvalue weighted by Gasteiger charge is -2.12. The Labute approximate surface area is 87.2 Å². The molecule has 0 saturated heterocycles. The fourth-order valence-electron chi connectivity index (χ4n) is 1.34. The molecule has 6 nitrogen and oxygen atoms in total. The molecule has 0 aliphatic carbocycles. The summed E-state index contributed by atoms with van der Waals surface area (Å²) in [6.07, 6.45) is 3.91. The number of nitrogens with zero attached hydrogens (tertiary/aromatic N) is 1. The maximum Gasteiger partial charge on any atom is 0.217 e. The number of primary amides is 1. The molecule has 0 bridgehead atoms. The first-order valence-corrected chi connectivity index (χ1v) is 4.71. The maximum absolute atomic E-state index is 10.5. The maximum atomic E-state index is 10.5. The molecular formula is C9H14N4O2. The van der Waals surface area contributed by atoms with Gasteiger partial charge in [-0.05, 0) is 18.9 Å². The minimum Gasteiger partial charge on any atom is -0.370 e. The Morgan fingerprint density at radius 3 is 3.07 bits per heavy atom. The largest absolute Gasteiger partial charge is 0.370 e. The highest BCUT2D eigenvalue weighted by Gasteiger charge is 2.12. The van der Waals surface area contributed by atoms with Crippen LogP contribution in [0.1, 0.15) is 31.0 Å². The summed E-state index contributed by atoms with van der Waals surface area (Å²) in [5.41, 5.74) is 5.78. The Kier molecular flexibility index (Phi) is 4.33. The van der Waals surface area contributed by atoms with Gasteiger partial charge in [-0.2, -0.15) is 5.10 Å². The lowest BCUT2D eigenvalue weighted by molar-refractivity contribution is -0.118. The molecule has 0 aromatic carbocycles. The first-order chi connectivity index (χ1) is 7.24. The molecule has 4 N–H and O–H groups in total. The average molecular weight is 210 g/mol. The molecule has 1 heterocycles. The van der Waals surface area contributed by atoms with E-state index in [2.05, 4.69) is 15.5 Å². The predicted molar refractivity (Wildman–Crippen MR) is 53.6 cm³/mol. The van der Waals surface area contributed by atoms with Crippen molar-refractivity contribution in [1.82, 2.24) is 15.5 Å². The van der Waals surface area contributed by atoms with E-state index >= 15 is 0 Å². The summed E-state index contributed by atoms with van der Waals surface area (Å²) in [7, 11) is 0. The van der Waals surface area contributed by atoms with Crippen molar-refractivity contribution < 1.29 is 9.59 Å². The van der Waals surface area contributed by atoms with Gasteiger partial charge in [0.25, 0.3) is 0 Å². The summed E-state index contributed by atoms with van der Waals surface area (Å²) in [6, 6.07) is 1.62. The van der Waals surface area contributed by atoms with Crippen LogP contribution in [0.25, 0.3) is 0 Å². The van der Waals surface area contributed by atoms with E-state index in [1.165, 1.54) is 0 Å². The Balaban J connectivity index is 2.44. The average Bonchev–Trinajstić information content (AvgIpc) is 2.68. The minimum absolute atomic E-state index is 0.159. The smallest absolute Gasteiger partial charge is 0.217 e. The minimum atomic E-state index is -0.332. The van der Waals surface area contributed by atoms with Crippen LogP contribution in [0.15, 0.2) is 12.3 Å². The van der Waals surface area contributed by atoms with Gasteiger partial charge in [-0.1, -0.05) is 0 Å². The van der Waals surface area contributed by atoms with Gasteiger partial charge < -0.3 is 11.1 Å². The van der Waals surface area contributed by atoms with Crippen molar-refractivity contribution in [1.29, 1.82) is 0 Å². The fourth-order valence-corrected chi connectivity index (χ4v) is 1.34. The van der Waals surface area contributed by atoms with E-state index in [1.807, 2.05) is 0 Å². The Morgan fingerprint density at radius 2 is 2.53 bits per heavy atom. The van der Waals surface area contributed by atoms with Crippen molar-refractivity contribution >= 4 is 12.3 Å². The molecule has 0 aliphatic heterocycles. The Bertz CT molecular complexity index is 310. The van der Waals surface area contributed by atoms with E-state index in [0.29, 0.717) is 25.7 Å². The number of carbonyl (C=O) groups is 2. The molecule has 6 heteroatoms. The summed E-state index contributed by atoms with van der Waals surface area (Å²) in [5.74, 6) is -0.332. The zero-order valence-electron chi connectivity index (χ0n) is 8.27. The molecule has 2 amide bonds. The van der Waals surface area contributed by atoms with Gasteiger partial charge >= 0.3 is 0 Å². The number of rotatable bonds is 7. The number of hydrogen-bond donors (Lipinski definition) is 3. The highest BCUT2D eigenvalue weighted by Crippen LogP contribution is 2.15. The predicted octanol–water partition coefficient (Wildman–Crippen LogP) is -0.148. The van der Waals surface area contributed by atoms with Crippen molar-refractivity contribution in [3.8, 4) is 0 Å². The number of aromatic nitrogens is 2. The summed E-state index contributed by atoms with van der Waals surface area (Å²) in [6.45, 7) is 0. The fraction of sp³-hybridized carbons (Fsp3) is 0.444. The van der Waals surface area contributed by atoms with Crippen molar-refractivity contribution in [2.24, 2.45) is 5.73 Å². The van der Waals surface area contributed by atoms with Crippen LogP contribution in [0, 0.1) is 0 Å². The third-order valence-corrected chi connectivity index (χ3v) is 2.06. The number of carbonyl (C=O) groups excluding carboxylic acids is 2. The number of nitrogens with two attached hydrogens (primary N) is 1. The van der Waals surface area contributed by atoms with E-state index in [0.717, 1.165) is 5.69 Å². The monoisotopic (exact) mass is 210 g/mol. The molecule has 15 heavy (non-hydrogen) atoms. The molecule has 82 valence electrons. The normalized spacial score (nSPS) is 12.0. The van der Waals surface area contributed by atoms with Gasteiger partial charge in [0, 0.05) is 12.6 Å². The van der Waals surface area contributed by atoms with Gasteiger partial charge in [-0.15, -0.1) is 0 Å². The van der Waals surface area contributed by atoms with Crippen LogP contribution in [0.4, 0.5) is 0 Å². The van der Waals surface area contributed by atoms with Crippen molar-refractivity contribution in [2.75, 3.05) is 0 Å². The second-order valence-corrected chi connectivity index (χ2v) is 3.19. The van der Waals surface area contributed by atoms with Gasteiger partial charge in [0.05, 0.1) is 11.7 Å². The SMILES string of the molecule is NC(=O)CCCC(NC=O)c1cc[nH]n1. The van der Waals surface area contributed by atoms with Crippen LogP contribution in [0.2, 0.25) is 0 Å². The number of hydrogen-bond acceptors (Lipinski definition) is 3. The molecule has 0 aliphatic rings. The number of H-pyrrole nitrogens is 1. The standard InChI is InChI=1S/C9H14N4O2/c10-9(15)3-1-2-7(11-6-14)8-4-5-12-13-8/h4-7H,1-3H2,(H2,10,15)(H,11,14)(H,12,13). The molecule has 1 aromatic heterocycles. The zero-order chi connectivity index (χ0) is 11.1. The van der Waals surface area contributed by atoms with Crippen LogP contribution in [0.5, 0.6) is 0 Å². The Morgan fingerprint density at radius 1 is 1.73 bits per heavy atom. The highest BCUT2D eigenvalue weighted by molar-refractivity contribution is 5.73. The first-order valence-electron chi connectivity index (χ1n) is 4.71. The molecule has 1 unspecified atom stereocenters. The second-order valence-electron chi connectivity index (χ2n) is 3.19. The van der Waals surface area contributed by atoms with Crippen LogP contribution in [-0.4, -0.2) is 22.5 Å². The van der Waals surface area contributed by atoms with E-state index in [4.69, 9.17) is 5.73 Å². The highest BCUT2D eigenvalue weighted by atomic mass is 16.1. The molecule has 1 atom stereocenters. The Hall–Kier alpha value is -1.85. The summed E-state index contributed by atoms with van der Waals surface area (Å²) < 4.78 is 0. The third kappa shape index (κ3) is 3.80. The third-order valence-electron chi connectivity index (χ3n) is 2.06. The molecule has 0 saturated carbocycles. The van der Waals surface area contributed by atoms with Crippen molar-refractivity contribution in [3.05, 3.63) is 18.0 Å². The van der Waals surface area contributed by atoms with E-state index < -0.39 is 0 Å². The zero-order valence-corrected chi connectivity index (χ0v) is 8.27. The van der Waals surface area contributed by atoms with Crippen LogP contribution in [0.3, 0.4) is 0 Å². The van der Waals surface area contributed by atoms with Crippen LogP contribution in [-0.2, 0) is 9.59 Å². The van der Waals surface area contributed by atoms with Gasteiger partial charge in [-0.3, -0.25) is 14.7 Å². The van der Waals surface area contributed by atoms with Crippen LogP contribution >= 0.6 is 0 Å². The summed E-state index contributed by atoms with van der Waals surface area (Å²) >= 11 is 0. The quantitative estimate of drug-likeness (QED) is 0.545. The number of nitrogens with one attached hydrogen (secondary N) is 2. The van der Waals surface area contributed by atoms with E-state index in [9.17, 15) is 9.59 Å². The number of aromatic amines is 1. The lowest BCUT2D eigenvalue weighted by atomic mass is 10.1. The van der Waals surface area contributed by atoms with Gasteiger partial charge in [0.1, 0.15) is 0 Å². The second kappa shape index (κ2) is 5.79. The van der Waals surface area contributed by atoms with Gasteiger partial charge in [0.15, 0.2) is 0 Å². The molecule has 1 aromatic rings. The molecular weight excluding hydrogens is 196 g/mol. The lowest BCUT2D eigenvalue weighted by Crippen LogP contribution is -2.20. The van der Waals surface area contributed by atoms with Gasteiger partial charge in [-0.25, -0.2) is 0 Å². The van der Waals surface area contributed by atoms with Crippen molar-refractivity contribution in [3.63, 3.8) is 0 Å². The molecule has 0 radical (unpaired) electrons. The van der Waals surface area contributed by atoms with Crippen LogP contribution < -0.4 is 11.1 Å². The first kappa shape index (κ1) is 11.2. The molecule has 1 rings (SSSR count). The summed E-state index contributed by atoms with van der Waals surface area (Å²) in [4.78, 5) is 20.9.